The topological polar surface area (TPSA) is 67.2 Å². The first-order valence-corrected chi connectivity index (χ1v) is 25.2. The minimum absolute atomic E-state index is 0.250. The third kappa shape index (κ3) is 47.2. The summed E-state index contributed by atoms with van der Waals surface area (Å²) >= 11 is 0. The van der Waals surface area contributed by atoms with Gasteiger partial charge < -0.3 is 20.0 Å². The molecule has 0 aromatic rings. The smallest absolute Gasteiger partial charge is 0.290 e. The number of carboxylic acid groups (broad SMARTS) is 1. The Morgan fingerprint density at radius 2 is 0.789 bits per heavy atom. The lowest BCUT2D eigenvalue weighted by atomic mass is 9.89. The first kappa shape index (κ1) is 57.8. The van der Waals surface area contributed by atoms with E-state index < -0.39 is 0 Å². The Labute approximate surface area is 358 Å². The minimum Gasteiger partial charge on any atom is -0.507 e. The van der Waals surface area contributed by atoms with Crippen molar-refractivity contribution in [2.24, 2.45) is 5.92 Å². The molecule has 1 heterocycles. The summed E-state index contributed by atoms with van der Waals surface area (Å²) in [6.07, 6.45) is 50.5. The first-order valence-electron chi connectivity index (χ1n) is 25.2. The van der Waals surface area contributed by atoms with Crippen molar-refractivity contribution in [3.05, 3.63) is 18.6 Å². The number of rotatable bonds is 40. The predicted molar refractivity (Wildman–Crippen MR) is 253 cm³/mol. The fourth-order valence-electron chi connectivity index (χ4n) is 8.38. The average molecular weight is 806 g/mol. The fourth-order valence-corrected chi connectivity index (χ4v) is 8.38. The largest absolute Gasteiger partial charge is 0.507 e. The molecule has 0 unspecified atom stereocenters. The van der Waals surface area contributed by atoms with Crippen LogP contribution in [-0.2, 0) is 4.79 Å². The van der Waals surface area contributed by atoms with Crippen LogP contribution in [0.3, 0.4) is 0 Å². The molecule has 1 fully saturated rings. The molecule has 0 saturated carbocycles. The van der Waals surface area contributed by atoms with Crippen LogP contribution in [0.2, 0.25) is 0 Å². The van der Waals surface area contributed by atoms with Gasteiger partial charge in [-0.15, -0.1) is 0 Å². The van der Waals surface area contributed by atoms with Gasteiger partial charge in [-0.25, -0.2) is 0 Å². The molecule has 0 aromatic heterocycles. The van der Waals surface area contributed by atoms with Gasteiger partial charge in [-0.1, -0.05) is 239 Å². The highest BCUT2D eigenvalue weighted by Gasteiger charge is 2.15. The van der Waals surface area contributed by atoms with Gasteiger partial charge in [0.1, 0.15) is 6.26 Å². The van der Waals surface area contributed by atoms with E-state index in [0.29, 0.717) is 0 Å². The van der Waals surface area contributed by atoms with Gasteiger partial charge in [-0.3, -0.25) is 9.69 Å². The molecular weight excluding hydrogens is 703 g/mol. The third-order valence-electron chi connectivity index (χ3n) is 12.3. The molecule has 340 valence electrons. The second-order valence-corrected chi connectivity index (χ2v) is 17.6. The molecule has 6 nitrogen and oxygen atoms in total. The summed E-state index contributed by atoms with van der Waals surface area (Å²) < 4.78 is 0. The lowest BCUT2D eigenvalue weighted by Gasteiger charge is -2.34. The molecule has 0 radical (unpaired) electrons. The highest BCUT2D eigenvalue weighted by atomic mass is 16.3. The van der Waals surface area contributed by atoms with E-state index in [1.165, 1.54) is 271 Å². The van der Waals surface area contributed by atoms with E-state index in [0.717, 1.165) is 12.2 Å². The van der Waals surface area contributed by atoms with Crippen LogP contribution in [0.4, 0.5) is 0 Å². The zero-order chi connectivity index (χ0) is 42.1. The Morgan fingerprint density at radius 1 is 0.509 bits per heavy atom. The molecule has 2 N–H and O–H groups in total. The molecule has 0 amide bonds. The number of hydrogen-bond donors (Lipinski definition) is 2. The van der Waals surface area contributed by atoms with E-state index in [4.69, 9.17) is 15.0 Å². The lowest BCUT2D eigenvalue weighted by Crippen LogP contribution is -2.47. The highest BCUT2D eigenvalue weighted by molar-refractivity contribution is 5.32. The van der Waals surface area contributed by atoms with E-state index in [1.807, 2.05) is 0 Å². The molecule has 0 aromatic carbocycles. The van der Waals surface area contributed by atoms with Crippen LogP contribution < -0.4 is 0 Å². The Hall–Kier alpha value is -1.33. The molecule has 1 aliphatic rings. The van der Waals surface area contributed by atoms with Gasteiger partial charge in [-0.2, -0.15) is 0 Å². The Balaban J connectivity index is 0. The Morgan fingerprint density at radius 3 is 1.09 bits per heavy atom. The van der Waals surface area contributed by atoms with E-state index in [2.05, 4.69) is 54.8 Å². The second-order valence-electron chi connectivity index (χ2n) is 17.6. The maximum atomic E-state index is 8.36. The van der Waals surface area contributed by atoms with Crippen molar-refractivity contribution in [1.82, 2.24) is 14.7 Å². The van der Waals surface area contributed by atoms with Crippen molar-refractivity contribution in [3.63, 3.8) is 0 Å². The lowest BCUT2D eigenvalue weighted by molar-refractivity contribution is -0.122. The number of carbonyl (C=O) groups is 1. The van der Waals surface area contributed by atoms with E-state index in [9.17, 15) is 0 Å². The van der Waals surface area contributed by atoms with E-state index in [1.54, 1.807) is 0 Å². The Bertz CT molecular complexity index is 781. The van der Waals surface area contributed by atoms with Crippen molar-refractivity contribution in [1.29, 1.82) is 0 Å². The van der Waals surface area contributed by atoms with Gasteiger partial charge in [0.15, 0.2) is 0 Å². The first-order chi connectivity index (χ1) is 28.0. The van der Waals surface area contributed by atoms with Gasteiger partial charge in [0.2, 0.25) is 0 Å². The van der Waals surface area contributed by atoms with Crippen molar-refractivity contribution in [3.8, 4) is 0 Å². The summed E-state index contributed by atoms with van der Waals surface area (Å²) in [4.78, 5) is 16.4. The minimum atomic E-state index is -0.250. The fraction of sp³-hybridized carbons (Fsp3) is 0.922. The summed E-state index contributed by atoms with van der Waals surface area (Å²) in [7, 11) is 2.28. The summed E-state index contributed by atoms with van der Waals surface area (Å²) in [6, 6.07) is 0. The molecule has 57 heavy (non-hydrogen) atoms. The average Bonchev–Trinajstić information content (AvgIpc) is 3.22. The van der Waals surface area contributed by atoms with Crippen LogP contribution in [0.25, 0.3) is 0 Å². The standard InChI is InChI=1S/C47H97N3.C3H4O.CH2O2/c1-5-8-11-14-17-18-19-20-21-22-23-24-29-34-39-49(45-46-50-43-41-48(4)42-44-50)40-35-30-25-28-33-38-47(36-31-26-15-12-9-6-2)37-32-27-16-13-10-7-3;1-2-3-4;2-1-3/h47H,5-46H2,1-4H3;3-4H,1H2;1H,(H,2,3). The number of nitrogens with zero attached hydrogens (tertiary/aromatic N) is 3. The number of piperazine rings is 1. The van der Waals surface area contributed by atoms with Gasteiger partial charge in [0, 0.05) is 39.3 Å². The van der Waals surface area contributed by atoms with Crippen LogP contribution >= 0.6 is 0 Å². The molecule has 1 saturated heterocycles. The molecule has 6 heteroatoms. The highest BCUT2D eigenvalue weighted by Crippen LogP contribution is 2.25. The number of unbranched alkanes of at least 4 members (excludes halogenated alkanes) is 27. The van der Waals surface area contributed by atoms with Crippen molar-refractivity contribution in [2.45, 2.75) is 239 Å². The van der Waals surface area contributed by atoms with Crippen molar-refractivity contribution in [2.75, 3.05) is 59.4 Å². The molecule has 0 spiro atoms. The number of aliphatic hydroxyl groups is 1. The van der Waals surface area contributed by atoms with Crippen LogP contribution in [0.5, 0.6) is 0 Å². The molecule has 0 aliphatic carbocycles. The maximum absolute atomic E-state index is 8.36. The summed E-state index contributed by atoms with van der Waals surface area (Å²) in [6.45, 7) is 20.1. The SMILES string of the molecule is C=C=CO.CCCCCCCCCCCCCCCCN(CCCCCCCC(CCCCCCCC)CCCCCCCC)CCN1CCN(C)CC1.O=CO. The number of aliphatic hydroxyl groups excluding tert-OH is 1. The quantitative estimate of drug-likeness (QED) is 0.0278. The second kappa shape index (κ2) is 50.8. The van der Waals surface area contributed by atoms with Crippen LogP contribution in [0.1, 0.15) is 239 Å². The zero-order valence-corrected chi connectivity index (χ0v) is 39.3. The maximum Gasteiger partial charge on any atom is 0.290 e. The molecule has 0 bridgehead atoms. The molecule has 0 atom stereocenters. The molecular formula is C51H103N3O3. The van der Waals surface area contributed by atoms with E-state index >= 15 is 0 Å². The van der Waals surface area contributed by atoms with Crippen LogP contribution in [-0.4, -0.2) is 90.8 Å². The van der Waals surface area contributed by atoms with Crippen LogP contribution in [0.15, 0.2) is 18.6 Å². The van der Waals surface area contributed by atoms with Crippen LogP contribution in [0, 0.1) is 5.92 Å². The van der Waals surface area contributed by atoms with Crippen molar-refractivity contribution >= 4 is 6.47 Å². The summed E-state index contributed by atoms with van der Waals surface area (Å²) in [5.74, 6) is 1.02. The van der Waals surface area contributed by atoms with Gasteiger partial charge >= 0.3 is 0 Å². The predicted octanol–water partition coefficient (Wildman–Crippen LogP) is 15.0. The molecule has 1 aliphatic heterocycles. The summed E-state index contributed by atoms with van der Waals surface area (Å²) in [5.41, 5.74) is 2.11. The number of likely N-dealkylation sites (N-methyl/N-ethyl adjacent to an activating group) is 1. The van der Waals surface area contributed by atoms with Gasteiger partial charge in [0.05, 0.1) is 0 Å². The normalized spacial score (nSPS) is 13.2. The monoisotopic (exact) mass is 806 g/mol. The Kier molecular flexibility index (Phi) is 51.5. The van der Waals surface area contributed by atoms with Gasteiger partial charge in [-0.05, 0) is 38.9 Å². The summed E-state index contributed by atoms with van der Waals surface area (Å²) in [5, 5.41) is 14.5. The molecule has 1 rings (SSSR count). The van der Waals surface area contributed by atoms with E-state index in [-0.39, 0.29) is 6.47 Å². The van der Waals surface area contributed by atoms with Crippen molar-refractivity contribution < 1.29 is 15.0 Å². The third-order valence-corrected chi connectivity index (χ3v) is 12.3. The van der Waals surface area contributed by atoms with Gasteiger partial charge in [0.25, 0.3) is 6.47 Å². The number of hydrogen-bond acceptors (Lipinski definition) is 5. The zero-order valence-electron chi connectivity index (χ0n) is 39.3.